The summed E-state index contributed by atoms with van der Waals surface area (Å²) >= 11 is 0. The first kappa shape index (κ1) is 12.8. The number of carbonyl (C=O) groups excluding carboxylic acids is 1. The van der Waals surface area contributed by atoms with Crippen LogP contribution in [0, 0.1) is 6.92 Å². The van der Waals surface area contributed by atoms with Crippen molar-refractivity contribution >= 4 is 25.7 Å². The minimum Gasteiger partial charge on any atom is -0.507 e. The molecule has 1 N–H and O–H groups in total. The summed E-state index contributed by atoms with van der Waals surface area (Å²) in [6, 6.07) is 2.14. The molecule has 0 saturated heterocycles. The molecule has 0 amide bonds. The van der Waals surface area contributed by atoms with Gasteiger partial charge in [0.05, 0.1) is 12.0 Å². The van der Waals surface area contributed by atoms with Crippen LogP contribution >= 0.6 is 10.7 Å². The number of aromatic hydroxyl groups is 1. The number of halogens is 1. The Morgan fingerprint density at radius 2 is 2.00 bits per heavy atom. The number of hydrogen-bond acceptors (Lipinski definition) is 5. The molecular formula is C9H9ClO5S. The van der Waals surface area contributed by atoms with Crippen molar-refractivity contribution in [3.05, 3.63) is 23.3 Å². The fourth-order valence-electron chi connectivity index (χ4n) is 1.15. The van der Waals surface area contributed by atoms with Crippen molar-refractivity contribution in [2.75, 3.05) is 7.11 Å². The molecule has 0 heterocycles. The van der Waals surface area contributed by atoms with Gasteiger partial charge in [-0.1, -0.05) is 0 Å². The van der Waals surface area contributed by atoms with Gasteiger partial charge in [0.15, 0.2) is 0 Å². The SMILES string of the molecule is COC(=O)c1cc(S(=O)(=O)Cl)cc(C)c1O. The van der Waals surface area contributed by atoms with E-state index in [1.807, 2.05) is 0 Å². The highest BCUT2D eigenvalue weighted by Crippen LogP contribution is 2.28. The van der Waals surface area contributed by atoms with E-state index in [2.05, 4.69) is 4.74 Å². The van der Waals surface area contributed by atoms with E-state index in [9.17, 15) is 18.3 Å². The standard InChI is InChI=1S/C9H9ClO5S/c1-5-3-6(16(10,13)14)4-7(8(5)11)9(12)15-2/h3-4,11H,1-2H3. The van der Waals surface area contributed by atoms with Crippen LogP contribution in [0.15, 0.2) is 17.0 Å². The smallest absolute Gasteiger partial charge is 0.341 e. The third-order valence-corrected chi connectivity index (χ3v) is 3.29. The maximum Gasteiger partial charge on any atom is 0.341 e. The van der Waals surface area contributed by atoms with Crippen molar-refractivity contribution in [1.29, 1.82) is 0 Å². The predicted octanol–water partition coefficient (Wildman–Crippen LogP) is 1.41. The normalized spacial score (nSPS) is 11.2. The zero-order valence-electron chi connectivity index (χ0n) is 8.52. The minimum atomic E-state index is -3.95. The maximum atomic E-state index is 11.2. The molecule has 0 unspecified atom stereocenters. The van der Waals surface area contributed by atoms with Crippen LogP contribution in [0.2, 0.25) is 0 Å². The Labute approximate surface area is 97.0 Å². The molecule has 0 radical (unpaired) electrons. The number of benzene rings is 1. The van der Waals surface area contributed by atoms with Crippen molar-refractivity contribution in [3.63, 3.8) is 0 Å². The van der Waals surface area contributed by atoms with Gasteiger partial charge < -0.3 is 9.84 Å². The summed E-state index contributed by atoms with van der Waals surface area (Å²) in [6.07, 6.45) is 0. The van der Waals surface area contributed by atoms with Gasteiger partial charge in [-0.3, -0.25) is 0 Å². The molecule has 1 rings (SSSR count). The Balaban J connectivity index is 3.51. The Morgan fingerprint density at radius 1 is 1.44 bits per heavy atom. The van der Waals surface area contributed by atoms with Crippen LogP contribution in [0.1, 0.15) is 15.9 Å². The highest BCUT2D eigenvalue weighted by atomic mass is 35.7. The van der Waals surface area contributed by atoms with Crippen LogP contribution in [0.4, 0.5) is 0 Å². The van der Waals surface area contributed by atoms with Gasteiger partial charge in [-0.25, -0.2) is 13.2 Å². The molecule has 7 heteroatoms. The van der Waals surface area contributed by atoms with Crippen molar-refractivity contribution < 1.29 is 23.1 Å². The van der Waals surface area contributed by atoms with Crippen LogP contribution in [0.3, 0.4) is 0 Å². The summed E-state index contributed by atoms with van der Waals surface area (Å²) in [7, 11) is 2.31. The number of aryl methyl sites for hydroxylation is 1. The molecule has 0 atom stereocenters. The lowest BCUT2D eigenvalue weighted by atomic mass is 10.1. The molecule has 1 aromatic carbocycles. The summed E-state index contributed by atoms with van der Waals surface area (Å²) in [5.74, 6) is -1.15. The number of rotatable bonds is 2. The third-order valence-electron chi connectivity index (χ3n) is 1.96. The van der Waals surface area contributed by atoms with Crippen LogP contribution in [0.5, 0.6) is 5.75 Å². The van der Waals surface area contributed by atoms with Crippen LogP contribution < -0.4 is 0 Å². The zero-order chi connectivity index (χ0) is 12.5. The molecule has 88 valence electrons. The van der Waals surface area contributed by atoms with E-state index < -0.39 is 15.0 Å². The van der Waals surface area contributed by atoms with Gasteiger partial charge in [0.1, 0.15) is 11.3 Å². The number of hydrogen-bond donors (Lipinski definition) is 1. The number of carbonyl (C=O) groups is 1. The van der Waals surface area contributed by atoms with Gasteiger partial charge in [-0.2, -0.15) is 0 Å². The van der Waals surface area contributed by atoms with Crippen molar-refractivity contribution in [2.45, 2.75) is 11.8 Å². The zero-order valence-corrected chi connectivity index (χ0v) is 10.1. The second-order valence-electron chi connectivity index (χ2n) is 3.07. The van der Waals surface area contributed by atoms with Gasteiger partial charge in [0.2, 0.25) is 0 Å². The van der Waals surface area contributed by atoms with Gasteiger partial charge in [-0.15, -0.1) is 0 Å². The molecule has 0 spiro atoms. The number of methoxy groups -OCH3 is 1. The largest absolute Gasteiger partial charge is 0.507 e. The van der Waals surface area contributed by atoms with Gasteiger partial charge in [0.25, 0.3) is 9.05 Å². The molecule has 0 aliphatic carbocycles. The molecule has 16 heavy (non-hydrogen) atoms. The average Bonchev–Trinajstić information content (AvgIpc) is 2.19. The first-order valence-corrected chi connectivity index (χ1v) is 6.45. The topological polar surface area (TPSA) is 80.7 Å². The Morgan fingerprint density at radius 3 is 2.44 bits per heavy atom. The molecule has 0 aromatic heterocycles. The average molecular weight is 265 g/mol. The number of phenolic OH excluding ortho intramolecular Hbond substituents is 1. The van der Waals surface area contributed by atoms with Crippen LogP contribution in [-0.2, 0) is 13.8 Å². The van der Waals surface area contributed by atoms with Crippen LogP contribution in [-0.4, -0.2) is 26.6 Å². The lowest BCUT2D eigenvalue weighted by Crippen LogP contribution is -2.04. The molecule has 0 aliphatic rings. The third kappa shape index (κ3) is 2.45. The Kier molecular flexibility index (Phi) is 3.44. The second-order valence-corrected chi connectivity index (χ2v) is 5.63. The Hall–Kier alpha value is -1.27. The first-order valence-electron chi connectivity index (χ1n) is 4.14. The van der Waals surface area contributed by atoms with E-state index in [4.69, 9.17) is 10.7 Å². The van der Waals surface area contributed by atoms with E-state index in [1.165, 1.54) is 13.0 Å². The number of ether oxygens (including phenoxy) is 1. The molecular weight excluding hydrogens is 256 g/mol. The van der Waals surface area contributed by atoms with Crippen molar-refractivity contribution in [1.82, 2.24) is 0 Å². The van der Waals surface area contributed by atoms with E-state index in [0.717, 1.165) is 13.2 Å². The summed E-state index contributed by atoms with van der Waals surface area (Å²) < 4.78 is 26.6. The molecule has 0 bridgehead atoms. The van der Waals surface area contributed by atoms with Crippen molar-refractivity contribution in [3.8, 4) is 5.75 Å². The monoisotopic (exact) mass is 264 g/mol. The van der Waals surface area contributed by atoms with E-state index >= 15 is 0 Å². The highest BCUT2D eigenvalue weighted by Gasteiger charge is 2.19. The predicted molar refractivity (Wildman–Crippen MR) is 57.2 cm³/mol. The van der Waals surface area contributed by atoms with E-state index in [1.54, 1.807) is 0 Å². The minimum absolute atomic E-state index is 0.224. The molecule has 0 fully saturated rings. The van der Waals surface area contributed by atoms with Gasteiger partial charge in [-0.05, 0) is 24.6 Å². The maximum absolute atomic E-state index is 11.2. The summed E-state index contributed by atoms with van der Waals surface area (Å²) in [5.41, 5.74) is -0.0103. The fraction of sp³-hybridized carbons (Fsp3) is 0.222. The molecule has 0 aliphatic heterocycles. The molecule has 0 saturated carbocycles. The Bertz CT molecular complexity index is 535. The lowest BCUT2D eigenvalue weighted by molar-refractivity contribution is 0.0597. The highest BCUT2D eigenvalue weighted by molar-refractivity contribution is 8.13. The molecule has 5 nitrogen and oxygen atoms in total. The fourth-order valence-corrected chi connectivity index (χ4v) is 2.00. The first-order chi connectivity index (χ1) is 7.27. The van der Waals surface area contributed by atoms with E-state index in [-0.39, 0.29) is 21.8 Å². The summed E-state index contributed by atoms with van der Waals surface area (Å²) in [5, 5.41) is 9.55. The van der Waals surface area contributed by atoms with Gasteiger partial charge in [0, 0.05) is 10.7 Å². The number of phenols is 1. The summed E-state index contributed by atoms with van der Waals surface area (Å²) in [6.45, 7) is 1.45. The van der Waals surface area contributed by atoms with Crippen LogP contribution in [0.25, 0.3) is 0 Å². The lowest BCUT2D eigenvalue weighted by Gasteiger charge is -2.07. The van der Waals surface area contributed by atoms with Gasteiger partial charge >= 0.3 is 5.97 Å². The van der Waals surface area contributed by atoms with E-state index in [0.29, 0.717) is 0 Å². The second kappa shape index (κ2) is 4.31. The van der Waals surface area contributed by atoms with Crippen molar-refractivity contribution in [2.24, 2.45) is 0 Å². The summed E-state index contributed by atoms with van der Waals surface area (Å²) in [4.78, 5) is 11.0. The molecule has 1 aromatic rings. The quantitative estimate of drug-likeness (QED) is 0.645. The number of esters is 1.